The Morgan fingerprint density at radius 3 is 2.62 bits per heavy atom. The normalized spacial score (nSPS) is 24.9. The maximum Gasteiger partial charge on any atom is 0.328 e. The van der Waals surface area contributed by atoms with Crippen molar-refractivity contribution in [3.05, 3.63) is 0 Å². The molecule has 1 saturated heterocycles. The quantitative estimate of drug-likeness (QED) is 0.478. The fourth-order valence-electron chi connectivity index (χ4n) is 1.32. The van der Waals surface area contributed by atoms with E-state index in [4.69, 9.17) is 15.3 Å². The number of hydrogen-bond donors (Lipinski definition) is 3. The summed E-state index contributed by atoms with van der Waals surface area (Å²) in [4.78, 5) is 22.6. The van der Waals surface area contributed by atoms with Crippen molar-refractivity contribution in [3.63, 3.8) is 0 Å². The number of carbonyl (C=O) groups is 2. The van der Waals surface area contributed by atoms with Crippen molar-refractivity contribution in [1.82, 2.24) is 4.90 Å². The monoisotopic (exact) mass is 189 g/mol. The number of carboxylic acid groups (broad SMARTS) is 1. The molecule has 1 unspecified atom stereocenters. The van der Waals surface area contributed by atoms with Crippen molar-refractivity contribution in [2.45, 2.75) is 18.6 Å². The Balaban J connectivity index is 2.69. The molecule has 1 rings (SSSR count). The van der Waals surface area contributed by atoms with Crippen molar-refractivity contribution in [2.75, 3.05) is 13.2 Å². The summed E-state index contributed by atoms with van der Waals surface area (Å²) in [5, 5.41) is 26.4. The van der Waals surface area contributed by atoms with Crippen LogP contribution in [0.5, 0.6) is 0 Å². The molecule has 1 amide bonds. The summed E-state index contributed by atoms with van der Waals surface area (Å²) < 4.78 is 0. The predicted octanol–water partition coefficient (Wildman–Crippen LogP) is -1.97. The van der Waals surface area contributed by atoms with Gasteiger partial charge in [0.2, 0.25) is 5.91 Å². The third-order valence-electron chi connectivity index (χ3n) is 1.97. The molecule has 0 saturated carbocycles. The van der Waals surface area contributed by atoms with Gasteiger partial charge < -0.3 is 20.2 Å². The molecule has 1 heterocycles. The highest BCUT2D eigenvalue weighted by molar-refractivity contribution is 5.85. The summed E-state index contributed by atoms with van der Waals surface area (Å²) in [5.41, 5.74) is 0. The van der Waals surface area contributed by atoms with Crippen molar-refractivity contribution >= 4 is 11.9 Å². The first-order valence-electron chi connectivity index (χ1n) is 3.87. The van der Waals surface area contributed by atoms with Gasteiger partial charge in [-0.05, 0) is 0 Å². The van der Waals surface area contributed by atoms with Gasteiger partial charge >= 0.3 is 5.97 Å². The van der Waals surface area contributed by atoms with Crippen LogP contribution in [0.2, 0.25) is 0 Å². The van der Waals surface area contributed by atoms with E-state index < -0.39 is 30.6 Å². The minimum absolute atomic E-state index is 0.0175. The van der Waals surface area contributed by atoms with Gasteiger partial charge in [0.1, 0.15) is 0 Å². The zero-order valence-corrected chi connectivity index (χ0v) is 6.88. The summed E-state index contributed by atoms with van der Waals surface area (Å²) in [6.07, 6.45) is -0.884. The van der Waals surface area contributed by atoms with Gasteiger partial charge in [-0.1, -0.05) is 0 Å². The molecule has 2 atom stereocenters. The number of amides is 1. The second kappa shape index (κ2) is 3.71. The van der Waals surface area contributed by atoms with E-state index in [1.165, 1.54) is 0 Å². The largest absolute Gasteiger partial charge is 0.480 e. The highest BCUT2D eigenvalue weighted by Crippen LogP contribution is 2.14. The number of aliphatic hydroxyl groups excluding tert-OH is 2. The van der Waals surface area contributed by atoms with Gasteiger partial charge in [0, 0.05) is 6.54 Å². The molecule has 1 aliphatic rings. The first-order valence-corrected chi connectivity index (χ1v) is 3.87. The van der Waals surface area contributed by atoms with Crippen LogP contribution in [0.1, 0.15) is 6.42 Å². The Kier molecular flexibility index (Phi) is 2.84. The molecule has 0 aromatic heterocycles. The van der Waals surface area contributed by atoms with Crippen LogP contribution in [-0.2, 0) is 9.59 Å². The predicted molar refractivity (Wildman–Crippen MR) is 40.8 cm³/mol. The summed E-state index contributed by atoms with van der Waals surface area (Å²) in [7, 11) is 0. The SMILES string of the molecule is O=C(O)[C@H](CO)N1CC(O)CC1=O. The summed E-state index contributed by atoms with van der Waals surface area (Å²) >= 11 is 0. The molecule has 1 fully saturated rings. The van der Waals surface area contributed by atoms with Crippen LogP contribution >= 0.6 is 0 Å². The number of hydrogen-bond acceptors (Lipinski definition) is 4. The standard InChI is InChI=1S/C7H11NO5/c9-3-5(7(12)13)8-2-4(10)1-6(8)11/h4-5,9-10H,1-3H2,(H,12,13)/t4?,5-/m0/s1. The zero-order chi connectivity index (χ0) is 10.0. The Labute approximate surface area is 74.4 Å². The van der Waals surface area contributed by atoms with E-state index in [1.807, 2.05) is 0 Å². The molecule has 74 valence electrons. The summed E-state index contributed by atoms with van der Waals surface area (Å²) in [5.74, 6) is -1.70. The fourth-order valence-corrected chi connectivity index (χ4v) is 1.32. The van der Waals surface area contributed by atoms with Gasteiger partial charge in [-0.3, -0.25) is 4.79 Å². The molecule has 0 radical (unpaired) electrons. The minimum atomic E-state index is -1.26. The van der Waals surface area contributed by atoms with Crippen molar-refractivity contribution in [1.29, 1.82) is 0 Å². The number of nitrogens with zero attached hydrogens (tertiary/aromatic N) is 1. The van der Waals surface area contributed by atoms with Gasteiger partial charge in [0.15, 0.2) is 6.04 Å². The molecular formula is C7H11NO5. The number of carboxylic acids is 1. The Bertz CT molecular complexity index is 229. The molecule has 6 nitrogen and oxygen atoms in total. The second-order valence-corrected chi connectivity index (χ2v) is 2.94. The number of β-amino-alcohol motifs (C(OH)–C–C–N with tert-alkyl or cyclic N) is 1. The average molecular weight is 189 g/mol. The first-order chi connectivity index (χ1) is 6.06. The lowest BCUT2D eigenvalue weighted by molar-refractivity contribution is -0.150. The molecule has 0 bridgehead atoms. The lowest BCUT2D eigenvalue weighted by Gasteiger charge is -2.21. The Morgan fingerprint density at radius 2 is 2.31 bits per heavy atom. The molecular weight excluding hydrogens is 178 g/mol. The second-order valence-electron chi connectivity index (χ2n) is 2.94. The van der Waals surface area contributed by atoms with Gasteiger partial charge in [-0.25, -0.2) is 4.79 Å². The van der Waals surface area contributed by atoms with Crippen molar-refractivity contribution < 1.29 is 24.9 Å². The molecule has 0 aromatic carbocycles. The molecule has 0 aromatic rings. The first kappa shape index (κ1) is 9.94. The van der Waals surface area contributed by atoms with Gasteiger partial charge in [0.05, 0.1) is 19.1 Å². The molecule has 1 aliphatic heterocycles. The Hall–Kier alpha value is -1.14. The summed E-state index contributed by atoms with van der Waals surface area (Å²) in [6, 6.07) is -1.23. The van der Waals surface area contributed by atoms with Crippen molar-refractivity contribution in [3.8, 4) is 0 Å². The van der Waals surface area contributed by atoms with E-state index in [0.717, 1.165) is 4.90 Å². The number of likely N-dealkylation sites (tertiary alicyclic amines) is 1. The summed E-state index contributed by atoms with van der Waals surface area (Å²) in [6.45, 7) is -0.649. The number of aliphatic hydroxyl groups is 2. The number of aliphatic carboxylic acids is 1. The van der Waals surface area contributed by atoms with Crippen LogP contribution in [0.4, 0.5) is 0 Å². The van der Waals surface area contributed by atoms with Crippen LogP contribution < -0.4 is 0 Å². The van der Waals surface area contributed by atoms with Crippen LogP contribution in [-0.4, -0.2) is 57.4 Å². The van der Waals surface area contributed by atoms with Crippen LogP contribution in [0.25, 0.3) is 0 Å². The maximum absolute atomic E-state index is 11.1. The zero-order valence-electron chi connectivity index (χ0n) is 6.88. The van der Waals surface area contributed by atoms with Gasteiger partial charge in [-0.2, -0.15) is 0 Å². The smallest absolute Gasteiger partial charge is 0.328 e. The van der Waals surface area contributed by atoms with E-state index in [1.54, 1.807) is 0 Å². The van der Waals surface area contributed by atoms with Gasteiger partial charge in [-0.15, -0.1) is 0 Å². The molecule has 13 heavy (non-hydrogen) atoms. The number of rotatable bonds is 3. The van der Waals surface area contributed by atoms with E-state index >= 15 is 0 Å². The average Bonchev–Trinajstić information content (AvgIpc) is 2.31. The van der Waals surface area contributed by atoms with Crippen LogP contribution in [0.3, 0.4) is 0 Å². The highest BCUT2D eigenvalue weighted by Gasteiger charge is 2.36. The highest BCUT2D eigenvalue weighted by atomic mass is 16.4. The fraction of sp³-hybridized carbons (Fsp3) is 0.714. The molecule has 6 heteroatoms. The molecule has 0 aliphatic carbocycles. The van der Waals surface area contributed by atoms with Crippen LogP contribution in [0.15, 0.2) is 0 Å². The van der Waals surface area contributed by atoms with Crippen LogP contribution in [0, 0.1) is 0 Å². The van der Waals surface area contributed by atoms with E-state index in [9.17, 15) is 9.59 Å². The van der Waals surface area contributed by atoms with Gasteiger partial charge in [0.25, 0.3) is 0 Å². The number of carbonyl (C=O) groups excluding carboxylic acids is 1. The van der Waals surface area contributed by atoms with E-state index in [2.05, 4.69) is 0 Å². The maximum atomic E-state index is 11.1. The molecule has 0 spiro atoms. The lowest BCUT2D eigenvalue weighted by Crippen LogP contribution is -2.44. The topological polar surface area (TPSA) is 98.1 Å². The molecule has 3 N–H and O–H groups in total. The minimum Gasteiger partial charge on any atom is -0.480 e. The third-order valence-corrected chi connectivity index (χ3v) is 1.97. The Morgan fingerprint density at radius 1 is 1.69 bits per heavy atom. The lowest BCUT2D eigenvalue weighted by atomic mass is 10.3. The van der Waals surface area contributed by atoms with Crippen molar-refractivity contribution in [2.24, 2.45) is 0 Å². The van der Waals surface area contributed by atoms with E-state index in [-0.39, 0.29) is 13.0 Å². The third kappa shape index (κ3) is 1.96. The van der Waals surface area contributed by atoms with E-state index in [0.29, 0.717) is 0 Å².